The summed E-state index contributed by atoms with van der Waals surface area (Å²) in [5.74, 6) is -0.765. The van der Waals surface area contributed by atoms with E-state index in [1.165, 1.54) is 29.2 Å². The molecule has 2 aromatic carbocycles. The Morgan fingerprint density at radius 3 is 2.31 bits per heavy atom. The van der Waals surface area contributed by atoms with Crippen molar-refractivity contribution in [2.75, 3.05) is 23.7 Å². The van der Waals surface area contributed by atoms with Gasteiger partial charge in [-0.25, -0.2) is 12.8 Å². The largest absolute Gasteiger partial charge is 0.354 e. The Morgan fingerprint density at radius 2 is 1.74 bits per heavy atom. The number of carbonyl (C=O) groups excluding carboxylic acids is 2. The molecule has 0 saturated heterocycles. The summed E-state index contributed by atoms with van der Waals surface area (Å²) in [7, 11) is -3.64. The molecule has 0 saturated carbocycles. The number of anilines is 1. The van der Waals surface area contributed by atoms with E-state index >= 15 is 0 Å². The van der Waals surface area contributed by atoms with Gasteiger partial charge < -0.3 is 10.2 Å². The van der Waals surface area contributed by atoms with Gasteiger partial charge in [0.25, 0.3) is 0 Å². The highest BCUT2D eigenvalue weighted by Crippen LogP contribution is 2.20. The number of hydrogen-bond acceptors (Lipinski definition) is 4. The van der Waals surface area contributed by atoms with Crippen LogP contribution < -0.4 is 9.62 Å². The quantitative estimate of drug-likeness (QED) is 0.449. The molecule has 10 heteroatoms. The molecule has 0 spiro atoms. The molecule has 0 aliphatic heterocycles. The third-order valence-corrected chi connectivity index (χ3v) is 6.79. The summed E-state index contributed by atoms with van der Waals surface area (Å²) in [6.45, 7) is 6.34. The molecule has 2 aromatic rings. The van der Waals surface area contributed by atoms with Crippen molar-refractivity contribution in [3.63, 3.8) is 0 Å². The molecule has 1 atom stereocenters. The van der Waals surface area contributed by atoms with Crippen LogP contribution in [0.3, 0.4) is 0 Å². The fraction of sp³-hybridized carbons (Fsp3) is 0.440. The van der Waals surface area contributed by atoms with Crippen LogP contribution in [-0.2, 0) is 26.2 Å². The van der Waals surface area contributed by atoms with E-state index in [4.69, 9.17) is 11.6 Å². The lowest BCUT2D eigenvalue weighted by atomic mass is 10.1. The summed E-state index contributed by atoms with van der Waals surface area (Å²) in [5, 5.41) is 3.38. The van der Waals surface area contributed by atoms with Crippen molar-refractivity contribution in [1.82, 2.24) is 10.2 Å². The molecule has 0 unspecified atom stereocenters. The number of carbonyl (C=O) groups is 2. The van der Waals surface area contributed by atoms with E-state index < -0.39 is 21.9 Å². The molecule has 2 amide bonds. The lowest BCUT2D eigenvalue weighted by Crippen LogP contribution is -2.48. The van der Waals surface area contributed by atoms with E-state index in [0.717, 1.165) is 16.1 Å². The number of nitrogens with zero attached hydrogens (tertiary/aromatic N) is 2. The zero-order valence-corrected chi connectivity index (χ0v) is 22.1. The zero-order chi connectivity index (χ0) is 26.2. The van der Waals surface area contributed by atoms with Gasteiger partial charge in [0.2, 0.25) is 21.8 Å². The first kappa shape index (κ1) is 28.6. The van der Waals surface area contributed by atoms with E-state index in [0.29, 0.717) is 17.3 Å². The van der Waals surface area contributed by atoms with Crippen LogP contribution in [0.5, 0.6) is 0 Å². The van der Waals surface area contributed by atoms with Gasteiger partial charge in [-0.2, -0.15) is 0 Å². The van der Waals surface area contributed by atoms with Gasteiger partial charge in [-0.15, -0.1) is 0 Å². The molecule has 0 radical (unpaired) electrons. The fourth-order valence-corrected chi connectivity index (χ4v) is 4.66. The third kappa shape index (κ3) is 9.14. The summed E-state index contributed by atoms with van der Waals surface area (Å²) in [6, 6.07) is 11.5. The fourth-order valence-electron chi connectivity index (χ4n) is 3.48. The minimum Gasteiger partial charge on any atom is -0.354 e. The Labute approximate surface area is 212 Å². The first-order valence-electron chi connectivity index (χ1n) is 11.4. The predicted octanol–water partition coefficient (Wildman–Crippen LogP) is 4.21. The van der Waals surface area contributed by atoms with Gasteiger partial charge in [-0.05, 0) is 61.2 Å². The van der Waals surface area contributed by atoms with Crippen LogP contribution in [0.15, 0.2) is 48.5 Å². The van der Waals surface area contributed by atoms with Crippen LogP contribution in [0.4, 0.5) is 10.1 Å². The van der Waals surface area contributed by atoms with E-state index in [2.05, 4.69) is 5.32 Å². The molecule has 0 aliphatic rings. The average Bonchev–Trinajstić information content (AvgIpc) is 2.78. The molecule has 7 nitrogen and oxygen atoms in total. The minimum atomic E-state index is -3.64. The summed E-state index contributed by atoms with van der Waals surface area (Å²) in [4.78, 5) is 27.4. The molecular weight excluding hydrogens is 493 g/mol. The maximum absolute atomic E-state index is 13.3. The van der Waals surface area contributed by atoms with Gasteiger partial charge in [0.05, 0.1) is 11.9 Å². The van der Waals surface area contributed by atoms with Crippen molar-refractivity contribution in [3.8, 4) is 0 Å². The maximum Gasteiger partial charge on any atom is 0.242 e. The Kier molecular flexibility index (Phi) is 10.5. The zero-order valence-electron chi connectivity index (χ0n) is 20.5. The molecule has 0 aliphatic carbocycles. The van der Waals surface area contributed by atoms with Crippen LogP contribution >= 0.6 is 11.6 Å². The minimum absolute atomic E-state index is 0.0234. The summed E-state index contributed by atoms with van der Waals surface area (Å²) in [6.07, 6.45) is 1.30. The first-order chi connectivity index (χ1) is 16.4. The molecule has 0 fully saturated rings. The summed E-state index contributed by atoms with van der Waals surface area (Å²) < 4.78 is 39.0. The molecule has 192 valence electrons. The number of amides is 2. The molecule has 2 rings (SSSR count). The number of halogens is 2. The Bertz CT molecular complexity index is 1110. The number of rotatable bonds is 12. The van der Waals surface area contributed by atoms with E-state index in [9.17, 15) is 22.4 Å². The molecule has 35 heavy (non-hydrogen) atoms. The van der Waals surface area contributed by atoms with Gasteiger partial charge >= 0.3 is 0 Å². The normalized spacial score (nSPS) is 12.3. The van der Waals surface area contributed by atoms with Crippen molar-refractivity contribution in [2.24, 2.45) is 5.92 Å². The van der Waals surface area contributed by atoms with Crippen molar-refractivity contribution in [2.45, 2.75) is 46.2 Å². The van der Waals surface area contributed by atoms with E-state index in [1.54, 1.807) is 25.1 Å². The lowest BCUT2D eigenvalue weighted by molar-refractivity contribution is -0.140. The monoisotopic (exact) mass is 525 g/mol. The van der Waals surface area contributed by atoms with Gasteiger partial charge in [0.15, 0.2) is 0 Å². The Morgan fingerprint density at radius 1 is 1.09 bits per heavy atom. The van der Waals surface area contributed by atoms with Gasteiger partial charge in [0, 0.05) is 31.1 Å². The molecule has 0 aromatic heterocycles. The molecule has 0 heterocycles. The van der Waals surface area contributed by atoms with Gasteiger partial charge in [-0.3, -0.25) is 13.9 Å². The second-order valence-electron chi connectivity index (χ2n) is 8.88. The summed E-state index contributed by atoms with van der Waals surface area (Å²) in [5.41, 5.74) is 1.09. The average molecular weight is 526 g/mol. The smallest absolute Gasteiger partial charge is 0.242 e. The van der Waals surface area contributed by atoms with Crippen LogP contribution in [0.2, 0.25) is 5.02 Å². The van der Waals surface area contributed by atoms with Crippen molar-refractivity contribution < 1.29 is 22.4 Å². The lowest BCUT2D eigenvalue weighted by Gasteiger charge is -2.29. The van der Waals surface area contributed by atoms with E-state index in [1.807, 2.05) is 19.9 Å². The predicted molar refractivity (Wildman–Crippen MR) is 137 cm³/mol. The Balaban J connectivity index is 2.15. The number of sulfonamides is 1. The number of benzene rings is 2. The third-order valence-electron chi connectivity index (χ3n) is 5.36. The number of hydrogen-bond donors (Lipinski definition) is 1. The maximum atomic E-state index is 13.3. The highest BCUT2D eigenvalue weighted by molar-refractivity contribution is 7.92. The van der Waals surface area contributed by atoms with Crippen molar-refractivity contribution in [1.29, 1.82) is 0 Å². The highest BCUT2D eigenvalue weighted by Gasteiger charge is 2.26. The molecule has 1 N–H and O–H groups in total. The topological polar surface area (TPSA) is 86.8 Å². The number of nitrogens with one attached hydrogen (secondary N) is 1. The highest BCUT2D eigenvalue weighted by atomic mass is 35.5. The van der Waals surface area contributed by atoms with Gasteiger partial charge in [0.1, 0.15) is 11.9 Å². The van der Waals surface area contributed by atoms with Crippen LogP contribution in [0, 0.1) is 11.7 Å². The molecule has 0 bridgehead atoms. The first-order valence-corrected chi connectivity index (χ1v) is 13.7. The van der Waals surface area contributed by atoms with Crippen LogP contribution in [-0.4, -0.2) is 50.5 Å². The van der Waals surface area contributed by atoms with Crippen molar-refractivity contribution >= 4 is 39.1 Å². The second-order valence-corrected chi connectivity index (χ2v) is 11.2. The summed E-state index contributed by atoms with van der Waals surface area (Å²) >= 11 is 6.10. The second kappa shape index (κ2) is 12.9. The molecular formula is C25H33ClFN3O4S. The van der Waals surface area contributed by atoms with Crippen LogP contribution in [0.1, 0.15) is 39.2 Å². The standard InChI is InChI=1S/C25H33ClFN3O4S/c1-18(2)16-28-25(32)19(3)29(17-20-7-5-8-21(26)15-20)24(31)9-6-14-30(35(4,33)34)23-12-10-22(27)11-13-23/h5,7-8,10-13,15,18-19H,6,9,14,16-17H2,1-4H3,(H,28,32)/t19-/m0/s1. The van der Waals surface area contributed by atoms with Crippen molar-refractivity contribution in [3.05, 3.63) is 64.9 Å². The van der Waals surface area contributed by atoms with E-state index in [-0.39, 0.29) is 43.7 Å². The Hall–Kier alpha value is -2.65. The SMILES string of the molecule is CC(C)CNC(=O)[C@H](C)N(Cc1cccc(Cl)c1)C(=O)CCCN(c1ccc(F)cc1)S(C)(=O)=O. The van der Waals surface area contributed by atoms with Gasteiger partial charge in [-0.1, -0.05) is 37.6 Å². The van der Waals surface area contributed by atoms with Crippen LogP contribution in [0.25, 0.3) is 0 Å².